The van der Waals surface area contributed by atoms with Crippen molar-refractivity contribution in [1.29, 1.82) is 0 Å². The van der Waals surface area contributed by atoms with Gasteiger partial charge in [0.1, 0.15) is 22.7 Å². The van der Waals surface area contributed by atoms with Crippen molar-refractivity contribution in [2.75, 3.05) is 10.2 Å². The summed E-state index contributed by atoms with van der Waals surface area (Å²) in [5, 5.41) is 7.76. The topological polar surface area (TPSA) is 160 Å². The lowest BCUT2D eigenvalue weighted by molar-refractivity contribution is -0.179. The summed E-state index contributed by atoms with van der Waals surface area (Å²) in [6.45, 7) is 9.74. The predicted octanol–water partition coefficient (Wildman–Crippen LogP) is 0.488. The van der Waals surface area contributed by atoms with Crippen molar-refractivity contribution >= 4 is 82.6 Å². The van der Waals surface area contributed by atoms with Gasteiger partial charge >= 0.3 is 20.0 Å². The molecule has 3 rings (SSSR count). The van der Waals surface area contributed by atoms with Crippen molar-refractivity contribution < 1.29 is 38.0 Å². The van der Waals surface area contributed by atoms with Crippen LogP contribution in [0.15, 0.2) is 21.8 Å². The molecule has 0 aliphatic carbocycles. The van der Waals surface area contributed by atoms with Crippen LogP contribution < -0.4 is 5.32 Å². The molecule has 1 aromatic rings. The number of hydrogen-bond acceptors (Lipinski definition) is 11. The molecule has 0 radical (unpaired) electrons. The summed E-state index contributed by atoms with van der Waals surface area (Å²) in [5.41, 5.74) is -1.85. The van der Waals surface area contributed by atoms with Gasteiger partial charge in [0.05, 0.1) is 5.01 Å². The summed E-state index contributed by atoms with van der Waals surface area (Å²) in [4.78, 5) is 62.2. The molecule has 0 aromatic carbocycles. The first-order chi connectivity index (χ1) is 17.6. The van der Waals surface area contributed by atoms with Crippen LogP contribution in [-0.2, 0) is 44.6 Å². The molecule has 1 fully saturated rings. The van der Waals surface area contributed by atoms with Crippen LogP contribution in [0.25, 0.3) is 0 Å². The summed E-state index contributed by atoms with van der Waals surface area (Å²) in [5.74, 6) is -2.78. The minimum Gasteiger partial charge on any atom is -0.614 e. The van der Waals surface area contributed by atoms with E-state index in [-0.39, 0.29) is 22.9 Å². The van der Waals surface area contributed by atoms with Crippen molar-refractivity contribution in [3.63, 3.8) is 0 Å². The molecule has 3 heterocycles. The van der Waals surface area contributed by atoms with Crippen LogP contribution in [0.2, 0.25) is 0 Å². The number of carbonyl (C=O) groups excluding carboxylic acids is 4. The number of nitrogens with one attached hydrogen (secondary N) is 1. The lowest BCUT2D eigenvalue weighted by Gasteiger charge is -2.49. The van der Waals surface area contributed by atoms with Gasteiger partial charge in [0.2, 0.25) is 11.0 Å². The van der Waals surface area contributed by atoms with Crippen molar-refractivity contribution in [2.45, 2.75) is 64.2 Å². The number of fused-ring (bicyclic) bond motifs is 1. The molecule has 12 nitrogen and oxygen atoms in total. The van der Waals surface area contributed by atoms with Gasteiger partial charge in [-0.3, -0.25) is 14.5 Å². The minimum absolute atomic E-state index is 0.0495. The normalized spacial score (nSPS) is 21.9. The molecule has 206 valence electrons. The van der Waals surface area contributed by atoms with E-state index in [4.69, 9.17) is 14.2 Å². The maximum Gasteiger partial charge on any atom is 0.353 e. The van der Waals surface area contributed by atoms with E-state index < -0.39 is 57.5 Å². The number of esters is 1. The number of oxime groups is 1. The van der Waals surface area contributed by atoms with Crippen molar-refractivity contribution in [3.8, 4) is 0 Å². The maximum absolute atomic E-state index is 13.3. The fourth-order valence-electron chi connectivity index (χ4n) is 3.53. The Morgan fingerprint density at radius 1 is 1.34 bits per heavy atom. The highest BCUT2D eigenvalue weighted by molar-refractivity contribution is 14.1. The van der Waals surface area contributed by atoms with Crippen LogP contribution in [0.4, 0.5) is 0 Å². The number of hydrogen-bond donors (Lipinski definition) is 1. The van der Waals surface area contributed by atoms with Crippen LogP contribution in [0.5, 0.6) is 0 Å². The van der Waals surface area contributed by atoms with Gasteiger partial charge in [-0.05, 0) is 52.7 Å². The third-order valence-electron chi connectivity index (χ3n) is 5.36. The van der Waals surface area contributed by atoms with Crippen molar-refractivity contribution in [2.24, 2.45) is 5.16 Å². The number of ether oxygens (including phenoxy) is 1. The average molecular weight is 678 g/mol. The standard InChI is InChI=1S/C22H28BIN4O8S2/c1-10-25-12(8-37-10)13(27-36-22(5,6)20(32)34-21(2,3)4)16(29)26-14-17(30)28-15(19(31)35-23)11(7-24)9-38(33)18(14)28/h8,14,18H,7,9,23H2,1-6H3,(H,26,29)/b27-13-/t14-,18-,38?/m1/s1. The number of thiazole rings is 1. The third-order valence-corrected chi connectivity index (χ3v) is 8.71. The molecule has 0 spiro atoms. The molecule has 0 bridgehead atoms. The second-order valence-electron chi connectivity index (χ2n) is 9.95. The fourth-order valence-corrected chi connectivity index (χ4v) is 6.81. The number of halogens is 1. The van der Waals surface area contributed by atoms with Gasteiger partial charge in [-0.15, -0.1) is 11.3 Å². The van der Waals surface area contributed by atoms with Crippen molar-refractivity contribution in [3.05, 3.63) is 27.4 Å². The van der Waals surface area contributed by atoms with Gasteiger partial charge in [-0.25, -0.2) is 14.6 Å². The summed E-state index contributed by atoms with van der Waals surface area (Å²) < 4.78 is 23.5. The Balaban J connectivity index is 1.86. The molecule has 0 saturated carbocycles. The fraction of sp³-hybridized carbons (Fsp3) is 0.545. The van der Waals surface area contributed by atoms with Gasteiger partial charge in [0.15, 0.2) is 11.8 Å². The number of carbonyl (C=O) groups is 4. The Morgan fingerprint density at radius 2 is 2.00 bits per heavy atom. The summed E-state index contributed by atoms with van der Waals surface area (Å²) in [7, 11) is 1.20. The van der Waals surface area contributed by atoms with E-state index in [1.807, 2.05) is 22.6 Å². The van der Waals surface area contributed by atoms with E-state index >= 15 is 0 Å². The number of amides is 2. The molecule has 1 N–H and O–H groups in total. The number of rotatable bonds is 8. The quantitative estimate of drug-likeness (QED) is 0.0604. The number of aromatic nitrogens is 1. The monoisotopic (exact) mass is 678 g/mol. The Kier molecular flexibility index (Phi) is 9.20. The smallest absolute Gasteiger partial charge is 0.353 e. The average Bonchev–Trinajstić information content (AvgIpc) is 3.25. The SMILES string of the molecule is BOC(=O)C1=C(CI)C[S+]([O-])[C@@H]2[C@H](NC(=O)/C(=N\OC(C)(C)C(=O)OC(C)(C)C)c3csc(C)n3)C(=O)N12. The molecular weight excluding hydrogens is 650 g/mol. The number of nitrogens with zero attached hydrogens (tertiary/aromatic N) is 3. The number of alkyl halides is 1. The Hall–Kier alpha value is -2.18. The zero-order valence-electron chi connectivity index (χ0n) is 21.9. The minimum atomic E-state index is -1.58. The largest absolute Gasteiger partial charge is 0.614 e. The number of β-lactam (4-membered cyclic amide) rings is 1. The zero-order valence-corrected chi connectivity index (χ0v) is 25.7. The first kappa shape index (κ1) is 30.4. The van der Waals surface area contributed by atoms with Crippen LogP contribution in [-0.4, -0.2) is 84.7 Å². The lowest BCUT2D eigenvalue weighted by Crippen LogP contribution is -2.75. The molecule has 2 aliphatic rings. The van der Waals surface area contributed by atoms with E-state index in [1.165, 1.54) is 33.2 Å². The highest BCUT2D eigenvalue weighted by Gasteiger charge is 2.61. The van der Waals surface area contributed by atoms with Gasteiger partial charge in [-0.2, -0.15) is 0 Å². The summed E-state index contributed by atoms with van der Waals surface area (Å²) in [6.07, 6.45) is 0. The van der Waals surface area contributed by atoms with E-state index in [0.29, 0.717) is 15.0 Å². The second kappa shape index (κ2) is 11.5. The van der Waals surface area contributed by atoms with E-state index in [2.05, 4.69) is 15.5 Å². The molecule has 3 atom stereocenters. The maximum atomic E-state index is 13.3. The summed E-state index contributed by atoms with van der Waals surface area (Å²) in [6, 6.07) is -1.18. The van der Waals surface area contributed by atoms with Gasteiger partial charge in [0, 0.05) is 15.4 Å². The highest BCUT2D eigenvalue weighted by atomic mass is 127. The van der Waals surface area contributed by atoms with Gasteiger partial charge < -0.3 is 24.1 Å². The van der Waals surface area contributed by atoms with Crippen LogP contribution in [0.1, 0.15) is 45.3 Å². The van der Waals surface area contributed by atoms with Gasteiger partial charge in [0.25, 0.3) is 11.8 Å². The second-order valence-corrected chi connectivity index (χ2v) is 13.3. The third kappa shape index (κ3) is 6.34. The Labute approximate surface area is 241 Å². The first-order valence-electron chi connectivity index (χ1n) is 11.4. The lowest BCUT2D eigenvalue weighted by atomic mass is 10.0. The van der Waals surface area contributed by atoms with Crippen molar-refractivity contribution in [1.82, 2.24) is 15.2 Å². The molecule has 38 heavy (non-hydrogen) atoms. The predicted molar refractivity (Wildman–Crippen MR) is 151 cm³/mol. The molecule has 1 aromatic heterocycles. The molecule has 1 saturated heterocycles. The first-order valence-corrected chi connectivity index (χ1v) is 15.2. The Morgan fingerprint density at radius 3 is 2.53 bits per heavy atom. The van der Waals surface area contributed by atoms with Crippen LogP contribution in [0.3, 0.4) is 0 Å². The highest BCUT2D eigenvalue weighted by Crippen LogP contribution is 2.37. The number of aryl methyl sites for hydroxylation is 1. The molecule has 1 unspecified atom stereocenters. The zero-order chi connectivity index (χ0) is 28.6. The summed E-state index contributed by atoms with van der Waals surface area (Å²) >= 11 is 1.71. The van der Waals surface area contributed by atoms with E-state index in [9.17, 15) is 23.7 Å². The molecule has 2 aliphatic heterocycles. The van der Waals surface area contributed by atoms with Crippen LogP contribution >= 0.6 is 33.9 Å². The van der Waals surface area contributed by atoms with Gasteiger partial charge in [-0.1, -0.05) is 27.7 Å². The Bertz CT molecular complexity index is 1210. The van der Waals surface area contributed by atoms with Crippen LogP contribution in [0, 0.1) is 6.92 Å². The molecule has 16 heteroatoms. The molecule has 2 amide bonds. The van der Waals surface area contributed by atoms with E-state index in [0.717, 1.165) is 4.90 Å². The van der Waals surface area contributed by atoms with E-state index in [1.54, 1.807) is 33.1 Å². The molecular formula is C22H28BIN4O8S2.